The molecule has 2 aromatic rings. The number of non-ortho nitro benzene ring substituents is 1. The summed E-state index contributed by atoms with van der Waals surface area (Å²) in [6, 6.07) is 6.59. The molecule has 0 bridgehead atoms. The van der Waals surface area contributed by atoms with Crippen LogP contribution in [0.3, 0.4) is 0 Å². The number of nitro groups is 1. The van der Waals surface area contributed by atoms with Crippen LogP contribution in [-0.2, 0) is 7.05 Å². The van der Waals surface area contributed by atoms with E-state index in [9.17, 15) is 19.7 Å². The maximum atomic E-state index is 11.6. The van der Waals surface area contributed by atoms with Gasteiger partial charge in [-0.2, -0.15) is 5.10 Å². The minimum atomic E-state index is -1.35. The molecule has 0 aliphatic heterocycles. The molecule has 102 valence electrons. The highest BCUT2D eigenvalue weighted by Crippen LogP contribution is 2.20. The zero-order valence-corrected chi connectivity index (χ0v) is 10.3. The first-order chi connectivity index (χ1) is 9.40. The van der Waals surface area contributed by atoms with Crippen molar-refractivity contribution in [1.82, 2.24) is 9.78 Å². The minimum Gasteiger partial charge on any atom is -0.477 e. The number of hydrogen-bond acceptors (Lipinski definition) is 5. The Morgan fingerprint density at radius 2 is 1.95 bits per heavy atom. The molecule has 1 aromatic heterocycles. The maximum Gasteiger partial charge on any atom is 0.341 e. The van der Waals surface area contributed by atoms with E-state index in [2.05, 4.69) is 5.10 Å². The van der Waals surface area contributed by atoms with Crippen molar-refractivity contribution < 1.29 is 14.8 Å². The third-order valence-corrected chi connectivity index (χ3v) is 2.67. The van der Waals surface area contributed by atoms with Gasteiger partial charge in [-0.15, -0.1) is 0 Å². The molecular weight excluding hydrogens is 266 g/mol. The number of benzene rings is 1. The standard InChI is InChI=1S/C12H9N3O5/c1-14-11(16)9(12(17)18)6-10(13-14)7-2-4-8(5-3-7)15(19)20/h2-6H,1H3,(H,17,18). The second kappa shape index (κ2) is 4.92. The Morgan fingerprint density at radius 1 is 1.35 bits per heavy atom. The lowest BCUT2D eigenvalue weighted by Crippen LogP contribution is -2.26. The van der Waals surface area contributed by atoms with Crippen LogP contribution >= 0.6 is 0 Å². The van der Waals surface area contributed by atoms with Crippen LogP contribution in [0.4, 0.5) is 5.69 Å². The van der Waals surface area contributed by atoms with E-state index in [0.29, 0.717) is 5.56 Å². The van der Waals surface area contributed by atoms with E-state index in [4.69, 9.17) is 5.11 Å². The SMILES string of the molecule is Cn1nc(-c2ccc([N+](=O)[O-])cc2)cc(C(=O)O)c1=O. The summed E-state index contributed by atoms with van der Waals surface area (Å²) in [5, 5.41) is 23.4. The Hall–Kier alpha value is -3.03. The molecule has 0 amide bonds. The van der Waals surface area contributed by atoms with E-state index in [1.807, 2.05) is 0 Å². The number of carbonyl (C=O) groups is 1. The van der Waals surface area contributed by atoms with Crippen LogP contribution in [0.5, 0.6) is 0 Å². The van der Waals surface area contributed by atoms with Crippen LogP contribution in [0.2, 0.25) is 0 Å². The molecule has 0 spiro atoms. The summed E-state index contributed by atoms with van der Waals surface area (Å²) in [7, 11) is 1.34. The first-order valence-corrected chi connectivity index (χ1v) is 5.46. The van der Waals surface area contributed by atoms with Gasteiger partial charge in [0.25, 0.3) is 11.2 Å². The number of carboxylic acid groups (broad SMARTS) is 1. The Labute approximate surface area is 112 Å². The maximum absolute atomic E-state index is 11.6. The molecule has 0 radical (unpaired) electrons. The molecular formula is C12H9N3O5. The molecule has 1 N–H and O–H groups in total. The lowest BCUT2D eigenvalue weighted by molar-refractivity contribution is -0.384. The van der Waals surface area contributed by atoms with Crippen LogP contribution in [0.15, 0.2) is 35.1 Å². The lowest BCUT2D eigenvalue weighted by Gasteiger charge is -2.05. The molecule has 0 saturated carbocycles. The number of aryl methyl sites for hydroxylation is 1. The van der Waals surface area contributed by atoms with Gasteiger partial charge in [0.05, 0.1) is 10.6 Å². The first-order valence-electron chi connectivity index (χ1n) is 5.46. The zero-order valence-electron chi connectivity index (χ0n) is 10.3. The monoisotopic (exact) mass is 275 g/mol. The van der Waals surface area contributed by atoms with Gasteiger partial charge < -0.3 is 5.11 Å². The second-order valence-electron chi connectivity index (χ2n) is 3.98. The van der Waals surface area contributed by atoms with E-state index in [-0.39, 0.29) is 11.4 Å². The fraction of sp³-hybridized carbons (Fsp3) is 0.0833. The molecule has 0 fully saturated rings. The molecule has 1 heterocycles. The van der Waals surface area contributed by atoms with Crippen molar-refractivity contribution in [2.75, 3.05) is 0 Å². The summed E-state index contributed by atoms with van der Waals surface area (Å²) in [5.41, 5.74) is -0.482. The molecule has 0 atom stereocenters. The number of nitrogens with zero attached hydrogens (tertiary/aromatic N) is 3. The average Bonchev–Trinajstić information content (AvgIpc) is 2.41. The Morgan fingerprint density at radius 3 is 2.45 bits per heavy atom. The van der Waals surface area contributed by atoms with Gasteiger partial charge in [0, 0.05) is 24.7 Å². The molecule has 8 heteroatoms. The molecule has 0 saturated heterocycles. The number of nitro benzene ring substituents is 1. The summed E-state index contributed by atoms with van der Waals surface area (Å²) in [4.78, 5) is 32.6. The zero-order chi connectivity index (χ0) is 14.9. The number of aromatic carboxylic acids is 1. The van der Waals surface area contributed by atoms with Crippen LogP contribution in [-0.4, -0.2) is 25.8 Å². The van der Waals surface area contributed by atoms with Crippen molar-refractivity contribution in [2.24, 2.45) is 7.05 Å². The Bertz CT molecular complexity index is 749. The summed E-state index contributed by atoms with van der Waals surface area (Å²) in [5.74, 6) is -1.35. The van der Waals surface area contributed by atoms with Gasteiger partial charge in [0.2, 0.25) is 0 Å². The normalized spacial score (nSPS) is 10.2. The highest BCUT2D eigenvalue weighted by molar-refractivity contribution is 5.88. The van der Waals surface area contributed by atoms with Crippen molar-refractivity contribution in [3.8, 4) is 11.3 Å². The third-order valence-electron chi connectivity index (χ3n) is 2.67. The second-order valence-corrected chi connectivity index (χ2v) is 3.98. The third kappa shape index (κ3) is 2.39. The summed E-state index contributed by atoms with van der Waals surface area (Å²) < 4.78 is 0.917. The molecule has 8 nitrogen and oxygen atoms in total. The van der Waals surface area contributed by atoms with Gasteiger partial charge in [0.15, 0.2) is 0 Å². The van der Waals surface area contributed by atoms with Gasteiger partial charge in [-0.05, 0) is 18.2 Å². The largest absolute Gasteiger partial charge is 0.477 e. The fourth-order valence-corrected chi connectivity index (χ4v) is 1.66. The van der Waals surface area contributed by atoms with E-state index >= 15 is 0 Å². The highest BCUT2D eigenvalue weighted by Gasteiger charge is 2.14. The van der Waals surface area contributed by atoms with Crippen LogP contribution in [0, 0.1) is 10.1 Å². The molecule has 1 aromatic carbocycles. The lowest BCUT2D eigenvalue weighted by atomic mass is 10.1. The van der Waals surface area contributed by atoms with Crippen molar-refractivity contribution in [2.45, 2.75) is 0 Å². The number of carboxylic acids is 1. The first kappa shape index (κ1) is 13.4. The van der Waals surface area contributed by atoms with Gasteiger partial charge in [-0.1, -0.05) is 0 Å². The topological polar surface area (TPSA) is 115 Å². The van der Waals surface area contributed by atoms with Crippen LogP contribution < -0.4 is 5.56 Å². The summed E-state index contributed by atoms with van der Waals surface area (Å²) in [6.45, 7) is 0. The summed E-state index contributed by atoms with van der Waals surface area (Å²) in [6.07, 6.45) is 0. The molecule has 0 aliphatic carbocycles. The van der Waals surface area contributed by atoms with E-state index in [1.54, 1.807) is 0 Å². The number of hydrogen-bond donors (Lipinski definition) is 1. The van der Waals surface area contributed by atoms with Crippen LogP contribution in [0.25, 0.3) is 11.3 Å². The fourth-order valence-electron chi connectivity index (χ4n) is 1.66. The molecule has 0 aliphatic rings. The predicted molar refractivity (Wildman–Crippen MR) is 68.5 cm³/mol. The summed E-state index contributed by atoms with van der Waals surface area (Å²) >= 11 is 0. The molecule has 2 rings (SSSR count). The minimum absolute atomic E-state index is 0.0861. The highest BCUT2D eigenvalue weighted by atomic mass is 16.6. The quantitative estimate of drug-likeness (QED) is 0.661. The van der Waals surface area contributed by atoms with Crippen molar-refractivity contribution in [3.63, 3.8) is 0 Å². The van der Waals surface area contributed by atoms with E-state index < -0.39 is 22.0 Å². The van der Waals surface area contributed by atoms with Gasteiger partial charge >= 0.3 is 5.97 Å². The Balaban J connectivity index is 2.55. The predicted octanol–water partition coefficient (Wildman–Crippen LogP) is 1.05. The smallest absolute Gasteiger partial charge is 0.341 e. The van der Waals surface area contributed by atoms with Crippen molar-refractivity contribution >= 4 is 11.7 Å². The van der Waals surface area contributed by atoms with Crippen molar-refractivity contribution in [1.29, 1.82) is 0 Å². The number of rotatable bonds is 3. The molecule has 20 heavy (non-hydrogen) atoms. The van der Waals surface area contributed by atoms with Gasteiger partial charge in [-0.3, -0.25) is 14.9 Å². The average molecular weight is 275 g/mol. The van der Waals surface area contributed by atoms with Crippen molar-refractivity contribution in [3.05, 3.63) is 56.4 Å². The number of aromatic nitrogens is 2. The Kier molecular flexibility index (Phi) is 3.30. The van der Waals surface area contributed by atoms with E-state index in [0.717, 1.165) is 10.7 Å². The van der Waals surface area contributed by atoms with E-state index in [1.165, 1.54) is 31.3 Å². The molecule has 0 unspecified atom stereocenters. The van der Waals surface area contributed by atoms with Gasteiger partial charge in [-0.25, -0.2) is 9.48 Å². The van der Waals surface area contributed by atoms with Gasteiger partial charge in [0.1, 0.15) is 5.56 Å². The van der Waals surface area contributed by atoms with Crippen LogP contribution in [0.1, 0.15) is 10.4 Å².